The Balaban J connectivity index is 2.34. The highest BCUT2D eigenvalue weighted by Gasteiger charge is 2.10. The van der Waals surface area contributed by atoms with Crippen LogP contribution in [-0.4, -0.2) is 14.9 Å². The van der Waals surface area contributed by atoms with Crippen LogP contribution in [0.15, 0.2) is 34.2 Å². The molecule has 0 aliphatic carbocycles. The van der Waals surface area contributed by atoms with E-state index in [1.807, 2.05) is 30.8 Å². The van der Waals surface area contributed by atoms with Crippen LogP contribution < -0.4 is 0 Å². The van der Waals surface area contributed by atoms with Crippen molar-refractivity contribution in [3.63, 3.8) is 0 Å². The molecule has 3 nitrogen and oxygen atoms in total. The number of nitrogens with zero attached hydrogens (tertiary/aromatic N) is 2. The number of phenolic OH excluding ortho intramolecular Hbond substituents is 1. The number of aromatic hydroxyl groups is 1. The fourth-order valence-corrected chi connectivity index (χ4v) is 2.57. The maximum absolute atomic E-state index is 9.40. The van der Waals surface area contributed by atoms with Crippen LogP contribution in [0.1, 0.15) is 11.3 Å². The Kier molecular flexibility index (Phi) is 2.92. The van der Waals surface area contributed by atoms with Gasteiger partial charge in [-0.25, -0.2) is 0 Å². The minimum atomic E-state index is 0.293. The number of aromatic nitrogens is 2. The minimum Gasteiger partial charge on any atom is -0.508 e. The summed E-state index contributed by atoms with van der Waals surface area (Å²) in [5.41, 5.74) is 2.24. The first-order chi connectivity index (χ1) is 7.58. The lowest BCUT2D eigenvalue weighted by molar-refractivity contribution is 0.474. The van der Waals surface area contributed by atoms with E-state index in [2.05, 4.69) is 12.0 Å². The van der Waals surface area contributed by atoms with E-state index in [4.69, 9.17) is 0 Å². The number of rotatable bonds is 2. The number of hydrogen-bond donors (Lipinski definition) is 1. The van der Waals surface area contributed by atoms with E-state index in [9.17, 15) is 5.11 Å². The zero-order chi connectivity index (χ0) is 11.7. The molecule has 0 aliphatic heterocycles. The highest BCUT2D eigenvalue weighted by molar-refractivity contribution is 7.99. The smallest absolute Gasteiger partial charge is 0.116 e. The maximum Gasteiger partial charge on any atom is 0.116 e. The van der Waals surface area contributed by atoms with Gasteiger partial charge in [0.15, 0.2) is 0 Å². The van der Waals surface area contributed by atoms with Crippen LogP contribution in [0.2, 0.25) is 0 Å². The summed E-state index contributed by atoms with van der Waals surface area (Å²) >= 11 is 1.62. The fraction of sp³-hybridized carbons (Fsp3) is 0.250. The van der Waals surface area contributed by atoms with Gasteiger partial charge in [-0.3, -0.25) is 4.68 Å². The van der Waals surface area contributed by atoms with Gasteiger partial charge in [0.1, 0.15) is 10.8 Å². The van der Waals surface area contributed by atoms with Crippen LogP contribution in [0.4, 0.5) is 0 Å². The summed E-state index contributed by atoms with van der Waals surface area (Å²) < 4.78 is 1.87. The SMILES string of the molecule is Cc1nn(C)c(Sc2cccc(O)c2)c1C. The Morgan fingerprint density at radius 3 is 2.62 bits per heavy atom. The predicted molar refractivity (Wildman–Crippen MR) is 64.9 cm³/mol. The molecule has 0 saturated carbocycles. The molecule has 1 N–H and O–H groups in total. The number of benzene rings is 1. The van der Waals surface area contributed by atoms with E-state index in [1.54, 1.807) is 23.9 Å². The Morgan fingerprint density at radius 2 is 2.06 bits per heavy atom. The average molecular weight is 234 g/mol. The number of hydrogen-bond acceptors (Lipinski definition) is 3. The molecule has 0 amide bonds. The molecule has 1 aromatic heterocycles. The molecular formula is C12H14N2OS. The monoisotopic (exact) mass is 234 g/mol. The van der Waals surface area contributed by atoms with Gasteiger partial charge < -0.3 is 5.11 Å². The van der Waals surface area contributed by atoms with E-state index < -0.39 is 0 Å². The second-order valence-electron chi connectivity index (χ2n) is 3.74. The zero-order valence-corrected chi connectivity index (χ0v) is 10.4. The molecular weight excluding hydrogens is 220 g/mol. The van der Waals surface area contributed by atoms with Crippen LogP contribution in [0.5, 0.6) is 5.75 Å². The molecule has 0 saturated heterocycles. The van der Waals surface area contributed by atoms with E-state index in [0.29, 0.717) is 5.75 Å². The quantitative estimate of drug-likeness (QED) is 0.868. The lowest BCUT2D eigenvalue weighted by Gasteiger charge is -2.03. The largest absolute Gasteiger partial charge is 0.508 e. The molecule has 0 bridgehead atoms. The molecule has 0 radical (unpaired) electrons. The topological polar surface area (TPSA) is 38.0 Å². The first-order valence-corrected chi connectivity index (χ1v) is 5.86. The molecule has 1 aromatic carbocycles. The Labute approximate surface area is 99.1 Å². The Hall–Kier alpha value is -1.42. The van der Waals surface area contributed by atoms with Gasteiger partial charge >= 0.3 is 0 Å². The third-order valence-electron chi connectivity index (χ3n) is 2.49. The van der Waals surface area contributed by atoms with E-state index in [-0.39, 0.29) is 0 Å². The highest BCUT2D eigenvalue weighted by atomic mass is 32.2. The Bertz CT molecular complexity index is 520. The van der Waals surface area contributed by atoms with Gasteiger partial charge in [0.2, 0.25) is 0 Å². The molecule has 4 heteroatoms. The van der Waals surface area contributed by atoms with Crippen molar-refractivity contribution in [2.45, 2.75) is 23.8 Å². The molecule has 84 valence electrons. The summed E-state index contributed by atoms with van der Waals surface area (Å²) in [5, 5.41) is 14.9. The molecule has 0 atom stereocenters. The molecule has 1 heterocycles. The normalized spacial score (nSPS) is 10.7. The van der Waals surface area contributed by atoms with Crippen molar-refractivity contribution < 1.29 is 5.11 Å². The predicted octanol–water partition coefficient (Wildman–Crippen LogP) is 2.89. The van der Waals surface area contributed by atoms with Crippen molar-refractivity contribution in [2.24, 2.45) is 7.05 Å². The molecule has 0 spiro atoms. The lowest BCUT2D eigenvalue weighted by atomic mass is 10.3. The number of phenols is 1. The van der Waals surface area contributed by atoms with Gasteiger partial charge in [0, 0.05) is 17.5 Å². The molecule has 2 rings (SSSR count). The summed E-state index contributed by atoms with van der Waals surface area (Å²) in [6.45, 7) is 4.06. The molecule has 2 aromatic rings. The van der Waals surface area contributed by atoms with Gasteiger partial charge in [-0.05, 0) is 32.0 Å². The first-order valence-electron chi connectivity index (χ1n) is 5.05. The lowest BCUT2D eigenvalue weighted by Crippen LogP contribution is -1.92. The minimum absolute atomic E-state index is 0.293. The standard InChI is InChI=1S/C12H14N2OS/c1-8-9(2)13-14(3)12(8)16-11-6-4-5-10(15)7-11/h4-7,15H,1-3H3. The van der Waals surface area contributed by atoms with Gasteiger partial charge in [-0.15, -0.1) is 0 Å². The van der Waals surface area contributed by atoms with Crippen molar-refractivity contribution in [1.82, 2.24) is 9.78 Å². The van der Waals surface area contributed by atoms with Crippen LogP contribution in [0.3, 0.4) is 0 Å². The van der Waals surface area contributed by atoms with Crippen molar-refractivity contribution >= 4 is 11.8 Å². The molecule has 0 unspecified atom stereocenters. The van der Waals surface area contributed by atoms with Crippen LogP contribution >= 0.6 is 11.8 Å². The second-order valence-corrected chi connectivity index (χ2v) is 4.80. The van der Waals surface area contributed by atoms with Gasteiger partial charge in [0.25, 0.3) is 0 Å². The summed E-state index contributed by atoms with van der Waals surface area (Å²) in [5.74, 6) is 0.293. The van der Waals surface area contributed by atoms with E-state index in [1.165, 1.54) is 5.56 Å². The van der Waals surface area contributed by atoms with Crippen LogP contribution in [0.25, 0.3) is 0 Å². The fourth-order valence-electron chi connectivity index (χ4n) is 1.54. The first kappa shape index (κ1) is 11.1. The molecule has 0 fully saturated rings. The maximum atomic E-state index is 9.40. The third kappa shape index (κ3) is 2.07. The summed E-state index contributed by atoms with van der Waals surface area (Å²) in [6.07, 6.45) is 0. The average Bonchev–Trinajstić information content (AvgIpc) is 2.45. The van der Waals surface area contributed by atoms with Crippen molar-refractivity contribution in [1.29, 1.82) is 0 Å². The molecule has 16 heavy (non-hydrogen) atoms. The third-order valence-corrected chi connectivity index (χ3v) is 3.74. The zero-order valence-electron chi connectivity index (χ0n) is 9.56. The second kappa shape index (κ2) is 4.22. The van der Waals surface area contributed by atoms with Crippen molar-refractivity contribution in [2.75, 3.05) is 0 Å². The summed E-state index contributed by atoms with van der Waals surface area (Å²) in [7, 11) is 1.94. The van der Waals surface area contributed by atoms with Crippen LogP contribution in [-0.2, 0) is 7.05 Å². The molecule has 0 aliphatic rings. The van der Waals surface area contributed by atoms with Crippen molar-refractivity contribution in [3.8, 4) is 5.75 Å². The van der Waals surface area contributed by atoms with E-state index in [0.717, 1.165) is 15.6 Å². The van der Waals surface area contributed by atoms with Gasteiger partial charge in [0.05, 0.1) is 5.69 Å². The summed E-state index contributed by atoms with van der Waals surface area (Å²) in [4.78, 5) is 1.02. The van der Waals surface area contributed by atoms with E-state index >= 15 is 0 Å². The number of aryl methyl sites for hydroxylation is 2. The van der Waals surface area contributed by atoms with Crippen molar-refractivity contribution in [3.05, 3.63) is 35.5 Å². The van der Waals surface area contributed by atoms with Gasteiger partial charge in [-0.2, -0.15) is 5.10 Å². The highest BCUT2D eigenvalue weighted by Crippen LogP contribution is 2.32. The summed E-state index contributed by atoms with van der Waals surface area (Å²) in [6, 6.07) is 7.25. The Morgan fingerprint density at radius 1 is 1.31 bits per heavy atom. The van der Waals surface area contributed by atoms with Gasteiger partial charge in [-0.1, -0.05) is 17.8 Å². The van der Waals surface area contributed by atoms with Crippen LogP contribution in [0, 0.1) is 13.8 Å².